The third kappa shape index (κ3) is 3.24. The Kier molecular flexibility index (Phi) is 4.10. The van der Waals surface area contributed by atoms with Crippen LogP contribution in [0.15, 0.2) is 30.5 Å². The van der Waals surface area contributed by atoms with E-state index < -0.39 is 17.8 Å². The Bertz CT molecular complexity index is 553. The number of nitrogens with one attached hydrogen (secondary N) is 1. The first-order valence-corrected chi connectivity index (χ1v) is 6.36. The molecule has 2 heterocycles. The highest BCUT2D eigenvalue weighted by molar-refractivity contribution is 7.16. The van der Waals surface area contributed by atoms with Crippen molar-refractivity contribution in [1.29, 1.82) is 0 Å². The molecule has 1 atom stereocenters. The molecule has 2 rings (SSSR count). The Hall–Kier alpha value is -1.15. The van der Waals surface area contributed by atoms with Crippen LogP contribution in [0.25, 0.3) is 0 Å². The number of nitrogens with two attached hydrogens (primary N) is 1. The molecule has 102 valence electrons. The highest BCUT2D eigenvalue weighted by atomic mass is 35.5. The summed E-state index contributed by atoms with van der Waals surface area (Å²) in [6, 6.07) is 5.22. The molecule has 0 spiro atoms. The van der Waals surface area contributed by atoms with Gasteiger partial charge in [-0.3, -0.25) is 10.8 Å². The molecule has 0 aliphatic rings. The lowest BCUT2D eigenvalue weighted by atomic mass is 10.1. The van der Waals surface area contributed by atoms with Crippen molar-refractivity contribution in [3.05, 3.63) is 50.9 Å². The van der Waals surface area contributed by atoms with Gasteiger partial charge in [0.05, 0.1) is 21.6 Å². The van der Waals surface area contributed by atoms with Gasteiger partial charge in [-0.1, -0.05) is 11.6 Å². The van der Waals surface area contributed by atoms with Crippen molar-refractivity contribution in [3.63, 3.8) is 0 Å². The zero-order chi connectivity index (χ0) is 14.0. The minimum Gasteiger partial charge on any atom is -0.270 e. The molecular formula is C11H9ClF3N3S. The Labute approximate surface area is 116 Å². The minimum absolute atomic E-state index is 0.397. The van der Waals surface area contributed by atoms with Gasteiger partial charge in [0.2, 0.25) is 0 Å². The van der Waals surface area contributed by atoms with E-state index in [-0.39, 0.29) is 0 Å². The topological polar surface area (TPSA) is 50.9 Å². The number of thiophene rings is 1. The van der Waals surface area contributed by atoms with Crippen LogP contribution in [0.5, 0.6) is 0 Å². The van der Waals surface area contributed by atoms with Gasteiger partial charge in [0, 0.05) is 11.1 Å². The van der Waals surface area contributed by atoms with E-state index in [1.54, 1.807) is 12.1 Å². The van der Waals surface area contributed by atoms with Gasteiger partial charge in [-0.2, -0.15) is 13.2 Å². The maximum atomic E-state index is 12.4. The predicted molar refractivity (Wildman–Crippen MR) is 67.7 cm³/mol. The van der Waals surface area contributed by atoms with Crippen LogP contribution in [0.2, 0.25) is 4.34 Å². The summed E-state index contributed by atoms with van der Waals surface area (Å²) in [7, 11) is 0. The number of hydrazine groups is 1. The number of halogens is 4. The normalized spacial score (nSPS) is 13.5. The second kappa shape index (κ2) is 5.46. The number of alkyl halides is 3. The molecular weight excluding hydrogens is 299 g/mol. The molecule has 0 aromatic carbocycles. The summed E-state index contributed by atoms with van der Waals surface area (Å²) in [5.74, 6) is 5.42. The maximum absolute atomic E-state index is 12.4. The lowest BCUT2D eigenvalue weighted by Gasteiger charge is -2.14. The Morgan fingerprint density at radius 2 is 2.00 bits per heavy atom. The Balaban J connectivity index is 2.30. The fourth-order valence-electron chi connectivity index (χ4n) is 1.54. The third-order valence-electron chi connectivity index (χ3n) is 2.45. The first kappa shape index (κ1) is 14.3. The van der Waals surface area contributed by atoms with Gasteiger partial charge < -0.3 is 0 Å². The first-order chi connectivity index (χ1) is 8.91. The second-order valence-corrected chi connectivity index (χ2v) is 5.46. The lowest BCUT2D eigenvalue weighted by molar-refractivity contribution is -0.137. The number of aromatic nitrogens is 1. The molecule has 0 saturated heterocycles. The Morgan fingerprint density at radius 3 is 2.42 bits per heavy atom. The number of nitrogens with zero attached hydrogens (tertiary/aromatic N) is 1. The first-order valence-electron chi connectivity index (χ1n) is 5.16. The van der Waals surface area contributed by atoms with Gasteiger partial charge in [0.15, 0.2) is 0 Å². The number of pyridine rings is 1. The van der Waals surface area contributed by atoms with Crippen LogP contribution >= 0.6 is 22.9 Å². The minimum atomic E-state index is -4.40. The summed E-state index contributed by atoms with van der Waals surface area (Å²) < 4.78 is 37.9. The SMILES string of the molecule is NNC(c1ccc(C(F)(F)F)cn1)c1ccc(Cl)s1. The van der Waals surface area contributed by atoms with Crippen molar-refractivity contribution in [3.8, 4) is 0 Å². The van der Waals surface area contributed by atoms with Gasteiger partial charge in [0.25, 0.3) is 0 Å². The predicted octanol–water partition coefficient (Wildman–Crippen LogP) is 3.37. The van der Waals surface area contributed by atoms with Crippen molar-refractivity contribution < 1.29 is 13.2 Å². The molecule has 0 radical (unpaired) electrons. The van der Waals surface area contributed by atoms with Gasteiger partial charge in [-0.15, -0.1) is 11.3 Å². The van der Waals surface area contributed by atoms with Crippen LogP contribution < -0.4 is 11.3 Å². The van der Waals surface area contributed by atoms with Crippen molar-refractivity contribution in [1.82, 2.24) is 10.4 Å². The van der Waals surface area contributed by atoms with E-state index in [1.165, 1.54) is 17.4 Å². The molecule has 0 fully saturated rings. The van der Waals surface area contributed by atoms with Crippen molar-refractivity contribution in [2.24, 2.45) is 5.84 Å². The molecule has 2 aromatic heterocycles. The van der Waals surface area contributed by atoms with Gasteiger partial charge in [-0.25, -0.2) is 5.43 Å². The van der Waals surface area contributed by atoms with Crippen LogP contribution in [0, 0.1) is 0 Å². The molecule has 1 unspecified atom stereocenters. The van der Waals surface area contributed by atoms with Crippen LogP contribution in [0.1, 0.15) is 22.2 Å². The summed E-state index contributed by atoms with van der Waals surface area (Å²) in [6.07, 6.45) is -3.61. The molecule has 3 nitrogen and oxygen atoms in total. The molecule has 19 heavy (non-hydrogen) atoms. The van der Waals surface area contributed by atoms with E-state index in [1.807, 2.05) is 0 Å². The summed E-state index contributed by atoms with van der Waals surface area (Å²) in [6.45, 7) is 0. The van der Waals surface area contributed by atoms with E-state index in [4.69, 9.17) is 17.4 Å². The quantitative estimate of drug-likeness (QED) is 0.675. The van der Waals surface area contributed by atoms with Crippen molar-refractivity contribution in [2.45, 2.75) is 12.2 Å². The summed E-state index contributed by atoms with van der Waals surface area (Å²) >= 11 is 7.10. The smallest absolute Gasteiger partial charge is 0.270 e. The summed E-state index contributed by atoms with van der Waals surface area (Å²) in [4.78, 5) is 4.58. The largest absolute Gasteiger partial charge is 0.417 e. The van der Waals surface area contributed by atoms with Crippen LogP contribution in [-0.2, 0) is 6.18 Å². The molecule has 0 aliphatic carbocycles. The number of rotatable bonds is 3. The van der Waals surface area contributed by atoms with Gasteiger partial charge >= 0.3 is 6.18 Å². The Morgan fingerprint density at radius 1 is 1.26 bits per heavy atom. The lowest BCUT2D eigenvalue weighted by Crippen LogP contribution is -2.29. The summed E-state index contributed by atoms with van der Waals surface area (Å²) in [5, 5.41) is 0. The monoisotopic (exact) mass is 307 g/mol. The molecule has 0 saturated carbocycles. The number of hydrogen-bond acceptors (Lipinski definition) is 4. The average molecular weight is 308 g/mol. The summed E-state index contributed by atoms with van der Waals surface area (Å²) in [5.41, 5.74) is 2.12. The van der Waals surface area contributed by atoms with E-state index in [9.17, 15) is 13.2 Å². The molecule has 0 amide bonds. The van der Waals surface area contributed by atoms with Gasteiger partial charge in [-0.05, 0) is 24.3 Å². The molecule has 2 aromatic rings. The zero-order valence-corrected chi connectivity index (χ0v) is 11.0. The van der Waals surface area contributed by atoms with E-state index in [0.717, 1.165) is 17.1 Å². The van der Waals surface area contributed by atoms with E-state index in [0.29, 0.717) is 10.0 Å². The molecule has 8 heteroatoms. The van der Waals surface area contributed by atoms with E-state index in [2.05, 4.69) is 10.4 Å². The average Bonchev–Trinajstić information content (AvgIpc) is 2.76. The zero-order valence-electron chi connectivity index (χ0n) is 9.41. The van der Waals surface area contributed by atoms with Crippen LogP contribution in [0.4, 0.5) is 13.2 Å². The third-order valence-corrected chi connectivity index (χ3v) is 3.75. The van der Waals surface area contributed by atoms with Crippen molar-refractivity contribution in [2.75, 3.05) is 0 Å². The molecule has 0 bridgehead atoms. The highest BCUT2D eigenvalue weighted by Gasteiger charge is 2.31. The maximum Gasteiger partial charge on any atom is 0.417 e. The number of hydrogen-bond donors (Lipinski definition) is 2. The van der Waals surface area contributed by atoms with Crippen LogP contribution in [0.3, 0.4) is 0 Å². The van der Waals surface area contributed by atoms with Crippen LogP contribution in [-0.4, -0.2) is 4.98 Å². The van der Waals surface area contributed by atoms with Gasteiger partial charge in [0.1, 0.15) is 0 Å². The second-order valence-electron chi connectivity index (χ2n) is 3.71. The van der Waals surface area contributed by atoms with Crippen molar-refractivity contribution >= 4 is 22.9 Å². The van der Waals surface area contributed by atoms with E-state index >= 15 is 0 Å². The molecule has 3 N–H and O–H groups in total. The standard InChI is InChI=1S/C11H9ClF3N3S/c12-9-4-3-8(19-9)10(18-16)7-2-1-6(5-17-7)11(13,14)15/h1-5,10,18H,16H2. The highest BCUT2D eigenvalue weighted by Crippen LogP contribution is 2.32. The fourth-order valence-corrected chi connectivity index (χ4v) is 2.67. The fraction of sp³-hybridized carbons (Fsp3) is 0.182. The molecule has 0 aliphatic heterocycles.